The molecule has 1 amide bonds. The lowest BCUT2D eigenvalue weighted by molar-refractivity contribution is -0.114. The summed E-state index contributed by atoms with van der Waals surface area (Å²) in [6.07, 6.45) is 3.02. The van der Waals surface area contributed by atoms with Gasteiger partial charge in [0.2, 0.25) is 5.91 Å². The monoisotopic (exact) mass is 435 g/mol. The van der Waals surface area contributed by atoms with Crippen molar-refractivity contribution in [2.24, 2.45) is 0 Å². The van der Waals surface area contributed by atoms with E-state index in [1.165, 1.54) is 17.2 Å². The number of piperidine rings is 1. The summed E-state index contributed by atoms with van der Waals surface area (Å²) >= 11 is 0. The average molecular weight is 436 g/mol. The van der Waals surface area contributed by atoms with Crippen LogP contribution in [0.4, 0.5) is 5.69 Å². The SMILES string of the molecule is COc1ccc(-n2nc([C@H]3CCCN(CCc4ccc(NC(C)=O)cc4)C3)[nH]c2=O)cc1. The number of nitrogens with zero attached hydrogens (tertiary/aromatic N) is 3. The first-order valence-corrected chi connectivity index (χ1v) is 10.9. The number of ether oxygens (including phenoxy) is 1. The highest BCUT2D eigenvalue weighted by molar-refractivity contribution is 5.88. The van der Waals surface area contributed by atoms with Crippen LogP contribution in [-0.4, -0.2) is 52.3 Å². The zero-order chi connectivity index (χ0) is 22.5. The summed E-state index contributed by atoms with van der Waals surface area (Å²) in [5.74, 6) is 1.63. The highest BCUT2D eigenvalue weighted by Gasteiger charge is 2.24. The van der Waals surface area contributed by atoms with E-state index in [-0.39, 0.29) is 17.5 Å². The number of hydrogen-bond donors (Lipinski definition) is 2. The van der Waals surface area contributed by atoms with Crippen molar-refractivity contribution in [3.8, 4) is 11.4 Å². The predicted octanol–water partition coefficient (Wildman–Crippen LogP) is 2.95. The molecule has 1 atom stereocenters. The van der Waals surface area contributed by atoms with Crippen molar-refractivity contribution in [2.75, 3.05) is 32.1 Å². The molecule has 0 bridgehead atoms. The maximum absolute atomic E-state index is 12.5. The molecule has 0 aliphatic carbocycles. The number of anilines is 1. The van der Waals surface area contributed by atoms with Crippen molar-refractivity contribution in [3.63, 3.8) is 0 Å². The van der Waals surface area contributed by atoms with Crippen LogP contribution in [0, 0.1) is 0 Å². The fourth-order valence-corrected chi connectivity index (χ4v) is 4.15. The Labute approximate surface area is 187 Å². The van der Waals surface area contributed by atoms with E-state index in [2.05, 4.69) is 32.4 Å². The van der Waals surface area contributed by atoms with Gasteiger partial charge in [0, 0.05) is 31.6 Å². The molecule has 2 N–H and O–H groups in total. The van der Waals surface area contributed by atoms with E-state index in [1.807, 2.05) is 36.4 Å². The highest BCUT2D eigenvalue weighted by atomic mass is 16.5. The molecule has 3 aromatic rings. The first kappa shape index (κ1) is 21.8. The Morgan fingerprint density at radius 2 is 1.94 bits per heavy atom. The van der Waals surface area contributed by atoms with Crippen LogP contribution in [0.15, 0.2) is 53.3 Å². The second-order valence-electron chi connectivity index (χ2n) is 8.19. The molecule has 2 heterocycles. The normalized spacial score (nSPS) is 16.6. The van der Waals surface area contributed by atoms with Crippen LogP contribution in [-0.2, 0) is 11.2 Å². The third-order valence-electron chi connectivity index (χ3n) is 5.84. The van der Waals surface area contributed by atoms with Crippen molar-refractivity contribution in [1.82, 2.24) is 19.7 Å². The first-order chi connectivity index (χ1) is 15.5. The summed E-state index contributed by atoms with van der Waals surface area (Å²) < 4.78 is 6.61. The number of nitrogens with one attached hydrogen (secondary N) is 2. The van der Waals surface area contributed by atoms with Crippen LogP contribution in [0.25, 0.3) is 5.69 Å². The summed E-state index contributed by atoms with van der Waals surface area (Å²) in [6.45, 7) is 4.37. The molecule has 0 saturated carbocycles. The fraction of sp³-hybridized carbons (Fsp3) is 0.375. The summed E-state index contributed by atoms with van der Waals surface area (Å²) in [7, 11) is 1.61. The molecule has 1 fully saturated rings. The molecule has 1 aromatic heterocycles. The Morgan fingerprint density at radius 3 is 2.62 bits per heavy atom. The van der Waals surface area contributed by atoms with Crippen LogP contribution in [0.1, 0.15) is 37.1 Å². The lowest BCUT2D eigenvalue weighted by atomic mass is 9.97. The van der Waals surface area contributed by atoms with Gasteiger partial charge in [0.25, 0.3) is 0 Å². The van der Waals surface area contributed by atoms with E-state index in [0.29, 0.717) is 5.69 Å². The van der Waals surface area contributed by atoms with Gasteiger partial charge in [-0.3, -0.25) is 9.78 Å². The molecular weight excluding hydrogens is 406 g/mol. The Balaban J connectivity index is 1.37. The molecular formula is C24H29N5O3. The lowest BCUT2D eigenvalue weighted by Gasteiger charge is -2.31. The minimum Gasteiger partial charge on any atom is -0.497 e. The molecule has 8 nitrogen and oxygen atoms in total. The Hall–Kier alpha value is -3.39. The number of aromatic nitrogens is 3. The van der Waals surface area contributed by atoms with E-state index >= 15 is 0 Å². The molecule has 32 heavy (non-hydrogen) atoms. The lowest BCUT2D eigenvalue weighted by Crippen LogP contribution is -2.36. The third kappa shape index (κ3) is 5.26. The van der Waals surface area contributed by atoms with E-state index in [0.717, 1.165) is 56.2 Å². The average Bonchev–Trinajstić information content (AvgIpc) is 3.20. The van der Waals surface area contributed by atoms with E-state index in [1.54, 1.807) is 7.11 Å². The molecule has 168 valence electrons. The van der Waals surface area contributed by atoms with Crippen LogP contribution in [0.3, 0.4) is 0 Å². The number of H-pyrrole nitrogens is 1. The maximum atomic E-state index is 12.5. The van der Waals surface area contributed by atoms with Crippen LogP contribution >= 0.6 is 0 Å². The number of hydrogen-bond acceptors (Lipinski definition) is 5. The highest BCUT2D eigenvalue weighted by Crippen LogP contribution is 2.24. The van der Waals surface area contributed by atoms with E-state index in [4.69, 9.17) is 4.74 Å². The van der Waals surface area contributed by atoms with Gasteiger partial charge in [0.15, 0.2) is 0 Å². The molecule has 1 aliphatic rings. The number of carbonyl (C=O) groups is 1. The largest absolute Gasteiger partial charge is 0.497 e. The van der Waals surface area contributed by atoms with Crippen molar-refractivity contribution < 1.29 is 9.53 Å². The summed E-state index contributed by atoms with van der Waals surface area (Å²) in [4.78, 5) is 29.0. The molecule has 0 radical (unpaired) electrons. The Kier molecular flexibility index (Phi) is 6.70. The quantitative estimate of drug-likeness (QED) is 0.595. The first-order valence-electron chi connectivity index (χ1n) is 10.9. The molecule has 0 unspecified atom stereocenters. The van der Waals surface area contributed by atoms with Gasteiger partial charge >= 0.3 is 5.69 Å². The minimum absolute atomic E-state index is 0.0652. The third-order valence-corrected chi connectivity index (χ3v) is 5.84. The number of aromatic amines is 1. The number of amides is 1. The maximum Gasteiger partial charge on any atom is 0.348 e. The zero-order valence-electron chi connectivity index (χ0n) is 18.5. The van der Waals surface area contributed by atoms with Crippen LogP contribution < -0.4 is 15.7 Å². The smallest absolute Gasteiger partial charge is 0.348 e. The van der Waals surface area contributed by atoms with Gasteiger partial charge in [-0.25, -0.2) is 4.79 Å². The Morgan fingerprint density at radius 1 is 1.19 bits per heavy atom. The second kappa shape index (κ2) is 9.82. The van der Waals surface area contributed by atoms with Crippen LogP contribution in [0.2, 0.25) is 0 Å². The van der Waals surface area contributed by atoms with Gasteiger partial charge in [-0.2, -0.15) is 4.68 Å². The van der Waals surface area contributed by atoms with Gasteiger partial charge in [0.1, 0.15) is 11.6 Å². The Bertz CT molecular complexity index is 1100. The fourth-order valence-electron chi connectivity index (χ4n) is 4.15. The molecule has 0 spiro atoms. The number of likely N-dealkylation sites (tertiary alicyclic amines) is 1. The summed E-state index contributed by atoms with van der Waals surface area (Å²) in [5.41, 5.74) is 2.55. The molecule has 2 aromatic carbocycles. The summed E-state index contributed by atoms with van der Waals surface area (Å²) in [6, 6.07) is 15.3. The number of benzene rings is 2. The number of methoxy groups -OCH3 is 1. The molecule has 1 saturated heterocycles. The van der Waals surface area contributed by atoms with Gasteiger partial charge < -0.3 is 15.0 Å². The van der Waals surface area contributed by atoms with Crippen LogP contribution in [0.5, 0.6) is 5.75 Å². The topological polar surface area (TPSA) is 92.2 Å². The van der Waals surface area contributed by atoms with Gasteiger partial charge in [-0.05, 0) is 67.8 Å². The van der Waals surface area contributed by atoms with E-state index < -0.39 is 0 Å². The number of rotatable bonds is 7. The molecule has 4 rings (SSSR count). The van der Waals surface area contributed by atoms with E-state index in [9.17, 15) is 9.59 Å². The predicted molar refractivity (Wildman–Crippen MR) is 124 cm³/mol. The molecule has 8 heteroatoms. The van der Waals surface area contributed by atoms with Gasteiger partial charge in [-0.1, -0.05) is 12.1 Å². The second-order valence-corrected chi connectivity index (χ2v) is 8.19. The zero-order valence-corrected chi connectivity index (χ0v) is 18.5. The van der Waals surface area contributed by atoms with Crippen molar-refractivity contribution in [1.29, 1.82) is 0 Å². The van der Waals surface area contributed by atoms with Gasteiger partial charge in [-0.15, -0.1) is 5.10 Å². The van der Waals surface area contributed by atoms with Crippen molar-refractivity contribution in [3.05, 3.63) is 70.4 Å². The van der Waals surface area contributed by atoms with Crippen molar-refractivity contribution in [2.45, 2.75) is 32.1 Å². The molecule has 1 aliphatic heterocycles. The van der Waals surface area contributed by atoms with Gasteiger partial charge in [0.05, 0.1) is 12.8 Å². The van der Waals surface area contributed by atoms with Crippen molar-refractivity contribution >= 4 is 11.6 Å². The number of carbonyl (C=O) groups excluding carboxylic acids is 1. The summed E-state index contributed by atoms with van der Waals surface area (Å²) in [5, 5.41) is 7.38. The minimum atomic E-state index is -0.221. The standard InChI is InChI=1S/C24H29N5O3/c1-17(30)25-20-7-5-18(6-8-20)13-15-28-14-3-4-19(16-28)23-26-24(31)29(27-23)21-9-11-22(32-2)12-10-21/h5-12,19H,3-4,13-16H2,1-2H3,(H,25,30)(H,26,27,31)/t19-/m0/s1.